The molecule has 21 heavy (non-hydrogen) atoms. The maximum absolute atomic E-state index is 12.6. The summed E-state index contributed by atoms with van der Waals surface area (Å²) < 4.78 is 33.0. The first-order valence-electron chi connectivity index (χ1n) is 6.06. The number of nitrogens with zero attached hydrogens (tertiary/aromatic N) is 2. The van der Waals surface area contributed by atoms with Crippen molar-refractivity contribution in [3.63, 3.8) is 0 Å². The van der Waals surface area contributed by atoms with Gasteiger partial charge in [0.15, 0.2) is 0 Å². The van der Waals surface area contributed by atoms with Crippen LogP contribution >= 0.6 is 31.9 Å². The van der Waals surface area contributed by atoms with Gasteiger partial charge < -0.3 is 4.52 Å². The number of sulfonamides is 1. The van der Waals surface area contributed by atoms with Crippen LogP contribution in [0, 0.1) is 13.8 Å². The topological polar surface area (TPSA) is 63.4 Å². The van der Waals surface area contributed by atoms with Crippen molar-refractivity contribution in [2.24, 2.45) is 0 Å². The lowest BCUT2D eigenvalue weighted by molar-refractivity contribution is 0.390. The molecule has 1 heterocycles. The summed E-state index contributed by atoms with van der Waals surface area (Å²) in [7, 11) is -2.06. The predicted octanol–water partition coefficient (Wildman–Crippen LogP) is 3.64. The van der Waals surface area contributed by atoms with Gasteiger partial charge in [-0.25, -0.2) is 8.42 Å². The highest BCUT2D eigenvalue weighted by Gasteiger charge is 2.25. The highest BCUT2D eigenvalue weighted by atomic mass is 79.9. The second-order valence-electron chi connectivity index (χ2n) is 4.64. The molecule has 0 aliphatic heterocycles. The van der Waals surface area contributed by atoms with Gasteiger partial charge in [0.05, 0.1) is 10.6 Å². The Kier molecular flexibility index (Phi) is 4.92. The summed E-state index contributed by atoms with van der Waals surface area (Å²) in [5, 5.41) is 3.84. The smallest absolute Gasteiger partial charge is 0.244 e. The van der Waals surface area contributed by atoms with Gasteiger partial charge in [0.25, 0.3) is 0 Å². The standard InChI is InChI=1S/C13H14Br2N2O3S/c1-8-11(9(2)20-16-8)7-17(3)21(18,19)13-5-4-10(14)6-12(13)15/h4-6H,7H2,1-3H3. The molecule has 0 amide bonds. The molecular formula is C13H14Br2N2O3S. The summed E-state index contributed by atoms with van der Waals surface area (Å²) in [5.74, 6) is 0.629. The highest BCUT2D eigenvalue weighted by Crippen LogP contribution is 2.28. The molecule has 0 spiro atoms. The summed E-state index contributed by atoms with van der Waals surface area (Å²) in [6, 6.07) is 4.96. The molecule has 114 valence electrons. The molecule has 0 unspecified atom stereocenters. The van der Waals surface area contributed by atoms with Crippen LogP contribution in [0.2, 0.25) is 0 Å². The fourth-order valence-electron chi connectivity index (χ4n) is 1.89. The Morgan fingerprint density at radius 2 is 1.95 bits per heavy atom. The van der Waals surface area contributed by atoms with Gasteiger partial charge in [0, 0.05) is 28.1 Å². The van der Waals surface area contributed by atoms with Gasteiger partial charge >= 0.3 is 0 Å². The van der Waals surface area contributed by atoms with E-state index in [0.717, 1.165) is 10.0 Å². The zero-order chi connectivity index (χ0) is 15.8. The summed E-state index contributed by atoms with van der Waals surface area (Å²) in [6.45, 7) is 3.78. The third-order valence-corrected chi connectivity index (χ3v) is 6.42. The van der Waals surface area contributed by atoms with Crippen molar-refractivity contribution in [1.82, 2.24) is 9.46 Å². The normalized spacial score (nSPS) is 12.1. The molecule has 0 aliphatic rings. The van der Waals surface area contributed by atoms with Gasteiger partial charge in [-0.05, 0) is 48.0 Å². The zero-order valence-corrected chi connectivity index (χ0v) is 15.7. The quantitative estimate of drug-likeness (QED) is 0.732. The van der Waals surface area contributed by atoms with E-state index in [1.54, 1.807) is 32.0 Å². The van der Waals surface area contributed by atoms with E-state index >= 15 is 0 Å². The van der Waals surface area contributed by atoms with Crippen molar-refractivity contribution in [2.45, 2.75) is 25.3 Å². The fraction of sp³-hybridized carbons (Fsp3) is 0.308. The molecule has 0 N–H and O–H groups in total. The Hall–Kier alpha value is -0.700. The number of benzene rings is 1. The molecule has 8 heteroatoms. The molecule has 0 aliphatic carbocycles. The van der Waals surface area contributed by atoms with Crippen molar-refractivity contribution in [2.75, 3.05) is 7.05 Å². The molecule has 0 fully saturated rings. The number of hydrogen-bond donors (Lipinski definition) is 0. The van der Waals surface area contributed by atoms with Crippen LogP contribution in [0.3, 0.4) is 0 Å². The zero-order valence-electron chi connectivity index (χ0n) is 11.7. The Labute approximate surface area is 140 Å². The Morgan fingerprint density at radius 1 is 1.29 bits per heavy atom. The summed E-state index contributed by atoms with van der Waals surface area (Å²) >= 11 is 6.60. The first-order chi connectivity index (χ1) is 9.73. The van der Waals surface area contributed by atoms with E-state index in [1.807, 2.05) is 0 Å². The molecule has 0 bridgehead atoms. The molecule has 0 atom stereocenters. The molecule has 1 aromatic carbocycles. The van der Waals surface area contributed by atoms with Crippen LogP contribution in [-0.2, 0) is 16.6 Å². The maximum atomic E-state index is 12.6. The minimum atomic E-state index is -3.60. The van der Waals surface area contributed by atoms with E-state index in [0.29, 0.717) is 15.9 Å². The number of aromatic nitrogens is 1. The van der Waals surface area contributed by atoms with Crippen LogP contribution < -0.4 is 0 Å². The lowest BCUT2D eigenvalue weighted by Crippen LogP contribution is -2.27. The molecule has 0 radical (unpaired) electrons. The molecule has 2 rings (SSSR count). The van der Waals surface area contributed by atoms with Gasteiger partial charge in [-0.1, -0.05) is 21.1 Å². The second-order valence-corrected chi connectivity index (χ2v) is 8.42. The van der Waals surface area contributed by atoms with E-state index in [9.17, 15) is 8.42 Å². The second kappa shape index (κ2) is 6.20. The maximum Gasteiger partial charge on any atom is 0.244 e. The molecule has 0 saturated carbocycles. The van der Waals surface area contributed by atoms with Crippen LogP contribution in [0.4, 0.5) is 0 Å². The summed E-state index contributed by atoms with van der Waals surface area (Å²) in [6.07, 6.45) is 0. The number of rotatable bonds is 4. The summed E-state index contributed by atoms with van der Waals surface area (Å²) in [5.41, 5.74) is 1.48. The van der Waals surface area contributed by atoms with E-state index < -0.39 is 10.0 Å². The number of halogens is 2. The number of hydrogen-bond acceptors (Lipinski definition) is 4. The van der Waals surface area contributed by atoms with Crippen LogP contribution in [-0.4, -0.2) is 24.9 Å². The monoisotopic (exact) mass is 436 g/mol. The minimum absolute atomic E-state index is 0.214. The van der Waals surface area contributed by atoms with Gasteiger partial charge in [-0.15, -0.1) is 0 Å². The third-order valence-electron chi connectivity index (χ3n) is 3.14. The van der Waals surface area contributed by atoms with E-state index in [-0.39, 0.29) is 11.4 Å². The van der Waals surface area contributed by atoms with E-state index in [4.69, 9.17) is 4.52 Å². The first kappa shape index (κ1) is 16.7. The van der Waals surface area contributed by atoms with Gasteiger partial charge in [0.1, 0.15) is 5.76 Å². The Morgan fingerprint density at radius 3 is 2.48 bits per heavy atom. The first-order valence-corrected chi connectivity index (χ1v) is 9.09. The van der Waals surface area contributed by atoms with Crippen molar-refractivity contribution in [3.8, 4) is 0 Å². The van der Waals surface area contributed by atoms with E-state index in [2.05, 4.69) is 37.0 Å². The molecule has 2 aromatic rings. The molecule has 0 saturated heterocycles. The third kappa shape index (κ3) is 3.39. The predicted molar refractivity (Wildman–Crippen MR) is 86.5 cm³/mol. The van der Waals surface area contributed by atoms with Crippen molar-refractivity contribution < 1.29 is 12.9 Å². The van der Waals surface area contributed by atoms with Crippen LogP contribution in [0.15, 0.2) is 36.6 Å². The lowest BCUT2D eigenvalue weighted by Gasteiger charge is -2.18. The van der Waals surface area contributed by atoms with Gasteiger partial charge in [0.2, 0.25) is 10.0 Å². The molecule has 5 nitrogen and oxygen atoms in total. The Bertz CT molecular complexity index is 752. The average molecular weight is 438 g/mol. The van der Waals surface area contributed by atoms with Crippen molar-refractivity contribution in [3.05, 3.63) is 44.2 Å². The lowest BCUT2D eigenvalue weighted by atomic mass is 10.2. The Balaban J connectivity index is 2.35. The highest BCUT2D eigenvalue weighted by molar-refractivity contribution is 9.11. The summed E-state index contributed by atoms with van der Waals surface area (Å²) in [4.78, 5) is 0.222. The van der Waals surface area contributed by atoms with E-state index in [1.165, 1.54) is 11.4 Å². The number of aryl methyl sites for hydroxylation is 2. The van der Waals surface area contributed by atoms with Gasteiger partial charge in [-0.2, -0.15) is 4.31 Å². The van der Waals surface area contributed by atoms with Crippen molar-refractivity contribution in [1.29, 1.82) is 0 Å². The van der Waals surface area contributed by atoms with Crippen LogP contribution in [0.25, 0.3) is 0 Å². The molecule has 1 aromatic heterocycles. The average Bonchev–Trinajstić information content (AvgIpc) is 2.70. The van der Waals surface area contributed by atoms with Gasteiger partial charge in [-0.3, -0.25) is 0 Å². The fourth-order valence-corrected chi connectivity index (χ4v) is 4.73. The largest absolute Gasteiger partial charge is 0.361 e. The minimum Gasteiger partial charge on any atom is -0.361 e. The van der Waals surface area contributed by atoms with Crippen molar-refractivity contribution >= 4 is 41.9 Å². The van der Waals surface area contributed by atoms with Crippen LogP contribution in [0.5, 0.6) is 0 Å². The SMILES string of the molecule is Cc1noc(C)c1CN(C)S(=O)(=O)c1ccc(Br)cc1Br. The molecular weight excluding hydrogens is 424 g/mol. The van der Waals surface area contributed by atoms with Crippen LogP contribution in [0.1, 0.15) is 17.0 Å².